The Balaban J connectivity index is 1.71. The van der Waals surface area contributed by atoms with Crippen LogP contribution < -0.4 is 0 Å². The number of carbonyl (C=O) groups excluding carboxylic acids is 2. The summed E-state index contributed by atoms with van der Waals surface area (Å²) in [6.45, 7) is 4.10. The van der Waals surface area contributed by atoms with Crippen molar-refractivity contribution in [3.8, 4) is 0 Å². The smallest absolute Gasteiger partial charge is 0.271 e. The Hall–Kier alpha value is -1.89. The zero-order valence-corrected chi connectivity index (χ0v) is 12.1. The molecule has 0 saturated carbocycles. The third-order valence-electron chi connectivity index (χ3n) is 4.29. The van der Waals surface area contributed by atoms with Gasteiger partial charge in [-0.15, -0.1) is 0 Å². The van der Waals surface area contributed by atoms with Crippen molar-refractivity contribution in [3.63, 3.8) is 0 Å². The first-order valence-electron chi connectivity index (χ1n) is 7.34. The van der Waals surface area contributed by atoms with E-state index in [1.165, 1.54) is 0 Å². The van der Waals surface area contributed by atoms with Crippen LogP contribution in [-0.2, 0) is 9.53 Å². The second-order valence-corrected chi connectivity index (χ2v) is 5.53. The Labute approximate surface area is 123 Å². The Morgan fingerprint density at radius 1 is 1.33 bits per heavy atom. The Morgan fingerprint density at radius 2 is 2.14 bits per heavy atom. The standard InChI is InChI=1S/C14H20N4O3/c1-10(19)18-8-9-21-13-4-7-17(6-3-12(13)18)14(20)11-2-5-15-16-11/h2,5,12-13H,3-4,6-9H2,1H3,(H,15,16). The normalized spacial score (nSPS) is 26.1. The van der Waals surface area contributed by atoms with Crippen LogP contribution in [0, 0.1) is 0 Å². The molecule has 2 amide bonds. The van der Waals surface area contributed by atoms with Crippen molar-refractivity contribution in [3.05, 3.63) is 18.0 Å². The van der Waals surface area contributed by atoms with Crippen LogP contribution in [0.5, 0.6) is 0 Å². The van der Waals surface area contributed by atoms with Crippen molar-refractivity contribution in [1.82, 2.24) is 20.0 Å². The van der Waals surface area contributed by atoms with Crippen molar-refractivity contribution in [2.75, 3.05) is 26.2 Å². The molecule has 0 aromatic carbocycles. The molecule has 2 aliphatic rings. The number of fused-ring (bicyclic) bond motifs is 1. The molecule has 0 spiro atoms. The highest BCUT2D eigenvalue weighted by molar-refractivity contribution is 5.92. The van der Waals surface area contributed by atoms with Crippen LogP contribution in [0.4, 0.5) is 0 Å². The molecule has 3 heterocycles. The summed E-state index contributed by atoms with van der Waals surface area (Å²) in [5, 5.41) is 6.53. The number of morpholine rings is 1. The summed E-state index contributed by atoms with van der Waals surface area (Å²) in [7, 11) is 0. The van der Waals surface area contributed by atoms with Gasteiger partial charge in [0.25, 0.3) is 5.91 Å². The van der Waals surface area contributed by atoms with Gasteiger partial charge in [-0.3, -0.25) is 14.7 Å². The summed E-state index contributed by atoms with van der Waals surface area (Å²) in [5.74, 6) is 0.0437. The number of nitrogens with one attached hydrogen (secondary N) is 1. The molecule has 114 valence electrons. The van der Waals surface area contributed by atoms with E-state index < -0.39 is 0 Å². The number of nitrogens with zero attached hydrogens (tertiary/aromatic N) is 3. The predicted molar refractivity (Wildman–Crippen MR) is 74.6 cm³/mol. The average molecular weight is 292 g/mol. The van der Waals surface area contributed by atoms with E-state index in [1.54, 1.807) is 19.2 Å². The van der Waals surface area contributed by atoms with Gasteiger partial charge in [0.15, 0.2) is 0 Å². The van der Waals surface area contributed by atoms with Crippen molar-refractivity contribution >= 4 is 11.8 Å². The van der Waals surface area contributed by atoms with Gasteiger partial charge < -0.3 is 14.5 Å². The van der Waals surface area contributed by atoms with E-state index in [2.05, 4.69) is 10.2 Å². The van der Waals surface area contributed by atoms with E-state index in [4.69, 9.17) is 4.74 Å². The number of ether oxygens (including phenoxy) is 1. The summed E-state index contributed by atoms with van der Waals surface area (Å²) in [5.41, 5.74) is 0.504. The first-order chi connectivity index (χ1) is 10.2. The minimum atomic E-state index is -0.0412. The monoisotopic (exact) mass is 292 g/mol. The molecule has 21 heavy (non-hydrogen) atoms. The largest absolute Gasteiger partial charge is 0.374 e. The highest BCUT2D eigenvalue weighted by Crippen LogP contribution is 2.24. The lowest BCUT2D eigenvalue weighted by molar-refractivity contribution is -0.144. The number of rotatable bonds is 1. The molecule has 0 aliphatic carbocycles. The number of aromatic amines is 1. The molecular weight excluding hydrogens is 272 g/mol. The van der Waals surface area contributed by atoms with Crippen LogP contribution in [-0.4, -0.2) is 70.2 Å². The summed E-state index contributed by atoms with van der Waals surface area (Å²) in [4.78, 5) is 27.8. The number of H-pyrrole nitrogens is 1. The van der Waals surface area contributed by atoms with Crippen LogP contribution in [0.1, 0.15) is 30.3 Å². The molecule has 2 unspecified atom stereocenters. The number of carbonyl (C=O) groups is 2. The molecule has 7 nitrogen and oxygen atoms in total. The molecule has 7 heteroatoms. The zero-order valence-electron chi connectivity index (χ0n) is 12.1. The lowest BCUT2D eigenvalue weighted by Gasteiger charge is -2.39. The molecule has 1 aromatic heterocycles. The molecule has 0 radical (unpaired) electrons. The van der Waals surface area contributed by atoms with Crippen LogP contribution >= 0.6 is 0 Å². The Bertz CT molecular complexity index is 516. The maximum atomic E-state index is 12.4. The molecular formula is C14H20N4O3. The first kappa shape index (κ1) is 14.1. The van der Waals surface area contributed by atoms with E-state index in [0.717, 1.165) is 12.8 Å². The van der Waals surface area contributed by atoms with E-state index in [-0.39, 0.29) is 24.0 Å². The van der Waals surface area contributed by atoms with Crippen LogP contribution in [0.25, 0.3) is 0 Å². The highest BCUT2D eigenvalue weighted by Gasteiger charge is 2.36. The maximum absolute atomic E-state index is 12.4. The van der Waals surface area contributed by atoms with Gasteiger partial charge >= 0.3 is 0 Å². The third kappa shape index (κ3) is 2.78. The quantitative estimate of drug-likeness (QED) is 0.805. The fourth-order valence-electron chi connectivity index (χ4n) is 3.22. The van der Waals surface area contributed by atoms with Crippen LogP contribution in [0.2, 0.25) is 0 Å². The molecule has 2 saturated heterocycles. The second-order valence-electron chi connectivity index (χ2n) is 5.53. The van der Waals surface area contributed by atoms with Gasteiger partial charge in [0.2, 0.25) is 5.91 Å². The summed E-state index contributed by atoms with van der Waals surface area (Å²) >= 11 is 0. The van der Waals surface area contributed by atoms with Crippen molar-refractivity contribution < 1.29 is 14.3 Å². The number of hydrogen-bond acceptors (Lipinski definition) is 4. The van der Waals surface area contributed by atoms with E-state index in [0.29, 0.717) is 31.9 Å². The fourth-order valence-corrected chi connectivity index (χ4v) is 3.22. The molecule has 2 aliphatic heterocycles. The SMILES string of the molecule is CC(=O)N1CCOC2CCN(C(=O)c3ccn[nH]3)CCC21. The number of aromatic nitrogens is 2. The maximum Gasteiger partial charge on any atom is 0.271 e. The van der Waals surface area contributed by atoms with Gasteiger partial charge in [-0.1, -0.05) is 0 Å². The second kappa shape index (κ2) is 5.85. The van der Waals surface area contributed by atoms with Gasteiger partial charge in [0.05, 0.1) is 18.8 Å². The average Bonchev–Trinajstić information content (AvgIpc) is 2.92. The van der Waals surface area contributed by atoms with E-state index >= 15 is 0 Å². The van der Waals surface area contributed by atoms with Gasteiger partial charge in [-0.25, -0.2) is 0 Å². The van der Waals surface area contributed by atoms with Crippen molar-refractivity contribution in [2.45, 2.75) is 31.9 Å². The lowest BCUT2D eigenvalue weighted by Crippen LogP contribution is -2.52. The molecule has 0 bridgehead atoms. The Kier molecular flexibility index (Phi) is 3.92. The lowest BCUT2D eigenvalue weighted by atomic mass is 10.0. The van der Waals surface area contributed by atoms with E-state index in [1.807, 2.05) is 9.80 Å². The number of likely N-dealkylation sites (tertiary alicyclic amines) is 1. The zero-order chi connectivity index (χ0) is 14.8. The van der Waals surface area contributed by atoms with E-state index in [9.17, 15) is 9.59 Å². The van der Waals surface area contributed by atoms with Gasteiger partial charge in [0.1, 0.15) is 5.69 Å². The minimum Gasteiger partial charge on any atom is -0.374 e. The van der Waals surface area contributed by atoms with Gasteiger partial charge in [0, 0.05) is 32.8 Å². The third-order valence-corrected chi connectivity index (χ3v) is 4.29. The molecule has 1 N–H and O–H groups in total. The topological polar surface area (TPSA) is 78.5 Å². The first-order valence-corrected chi connectivity index (χ1v) is 7.34. The van der Waals surface area contributed by atoms with Gasteiger partial charge in [-0.2, -0.15) is 5.10 Å². The number of hydrogen-bond donors (Lipinski definition) is 1. The predicted octanol–water partition coefficient (Wildman–Crippen LogP) is 0.262. The fraction of sp³-hybridized carbons (Fsp3) is 0.643. The summed E-state index contributed by atoms with van der Waals surface area (Å²) in [6.07, 6.45) is 3.12. The summed E-state index contributed by atoms with van der Waals surface area (Å²) in [6, 6.07) is 1.76. The summed E-state index contributed by atoms with van der Waals surface area (Å²) < 4.78 is 5.81. The van der Waals surface area contributed by atoms with Crippen molar-refractivity contribution in [1.29, 1.82) is 0 Å². The van der Waals surface area contributed by atoms with Crippen LogP contribution in [0.3, 0.4) is 0 Å². The van der Waals surface area contributed by atoms with Crippen LogP contribution in [0.15, 0.2) is 12.3 Å². The molecule has 1 aromatic rings. The number of amides is 2. The molecule has 2 fully saturated rings. The van der Waals surface area contributed by atoms with Gasteiger partial charge in [-0.05, 0) is 18.9 Å². The Morgan fingerprint density at radius 3 is 2.86 bits per heavy atom. The molecule has 2 atom stereocenters. The highest BCUT2D eigenvalue weighted by atomic mass is 16.5. The molecule has 3 rings (SSSR count). The minimum absolute atomic E-state index is 0.0298. The van der Waals surface area contributed by atoms with Crippen molar-refractivity contribution in [2.24, 2.45) is 0 Å².